The van der Waals surface area contributed by atoms with Crippen molar-refractivity contribution < 1.29 is 9.21 Å². The lowest BCUT2D eigenvalue weighted by Gasteiger charge is -2.26. The Morgan fingerprint density at radius 2 is 2.26 bits per heavy atom. The fourth-order valence-electron chi connectivity index (χ4n) is 2.75. The van der Waals surface area contributed by atoms with Gasteiger partial charge in [0.15, 0.2) is 0 Å². The molecule has 1 aliphatic rings. The molecule has 2 aromatic rings. The van der Waals surface area contributed by atoms with Crippen LogP contribution in [0.3, 0.4) is 0 Å². The number of carbonyl (C=O) groups is 1. The normalized spacial score (nSPS) is 21.3. The molecular weight excluding hydrogens is 314 g/mol. The van der Waals surface area contributed by atoms with Crippen LogP contribution in [0.1, 0.15) is 38.4 Å². The van der Waals surface area contributed by atoms with Gasteiger partial charge in [-0.15, -0.1) is 5.10 Å². The molecule has 0 unspecified atom stereocenters. The quantitative estimate of drug-likeness (QED) is 0.814. The summed E-state index contributed by atoms with van der Waals surface area (Å²) in [6.45, 7) is 2.73. The summed E-state index contributed by atoms with van der Waals surface area (Å²) in [6.07, 6.45) is 6.16. The van der Waals surface area contributed by atoms with Crippen LogP contribution in [0.15, 0.2) is 28.0 Å². The summed E-state index contributed by atoms with van der Waals surface area (Å²) in [5, 5.41) is 15.3. The standard InChI is InChI=1S/C15H21N5O2S/c1-11-4-6-12(7-5-11)16-14(21)10-23-15-17-18-19-20(15)9-13-3-2-8-22-13/h2-3,8,11-12H,4-7,9-10H2,1H3,(H,16,21). The van der Waals surface area contributed by atoms with Crippen LogP contribution in [0, 0.1) is 5.92 Å². The molecule has 1 fully saturated rings. The molecule has 0 bridgehead atoms. The van der Waals surface area contributed by atoms with Crippen molar-refractivity contribution in [1.29, 1.82) is 0 Å². The Bertz CT molecular complexity index is 620. The zero-order valence-corrected chi connectivity index (χ0v) is 14.0. The van der Waals surface area contributed by atoms with Crippen LogP contribution < -0.4 is 5.32 Å². The number of hydrogen-bond acceptors (Lipinski definition) is 6. The Labute approximate surface area is 139 Å². The van der Waals surface area contributed by atoms with Crippen LogP contribution >= 0.6 is 11.8 Å². The number of carbonyl (C=O) groups excluding carboxylic acids is 1. The first-order chi connectivity index (χ1) is 11.2. The van der Waals surface area contributed by atoms with Gasteiger partial charge >= 0.3 is 0 Å². The third-order valence-corrected chi connectivity index (χ3v) is 5.06. The predicted octanol–water partition coefficient (Wildman–Crippen LogP) is 2.10. The largest absolute Gasteiger partial charge is 0.467 e. The summed E-state index contributed by atoms with van der Waals surface area (Å²) in [4.78, 5) is 12.1. The van der Waals surface area contributed by atoms with Gasteiger partial charge in [-0.3, -0.25) is 4.79 Å². The van der Waals surface area contributed by atoms with Gasteiger partial charge in [0, 0.05) is 6.04 Å². The second kappa shape index (κ2) is 7.63. The van der Waals surface area contributed by atoms with E-state index in [-0.39, 0.29) is 5.91 Å². The zero-order valence-electron chi connectivity index (χ0n) is 13.1. The maximum atomic E-state index is 12.1. The molecule has 0 saturated heterocycles. The van der Waals surface area contributed by atoms with Crippen molar-refractivity contribution in [3.8, 4) is 0 Å². The minimum atomic E-state index is 0.0436. The minimum absolute atomic E-state index is 0.0436. The molecule has 0 radical (unpaired) electrons. The van der Waals surface area contributed by atoms with Crippen molar-refractivity contribution in [1.82, 2.24) is 25.5 Å². The molecule has 1 aliphatic carbocycles. The number of thioether (sulfide) groups is 1. The summed E-state index contributed by atoms with van der Waals surface area (Å²) in [6, 6.07) is 4.01. The second-order valence-electron chi connectivity index (χ2n) is 6.01. The number of amides is 1. The van der Waals surface area contributed by atoms with Crippen molar-refractivity contribution >= 4 is 17.7 Å². The first kappa shape index (κ1) is 16.0. The van der Waals surface area contributed by atoms with Crippen molar-refractivity contribution in [2.24, 2.45) is 5.92 Å². The molecule has 124 valence electrons. The van der Waals surface area contributed by atoms with Crippen LogP contribution in [0.4, 0.5) is 0 Å². The Balaban J connectivity index is 1.47. The van der Waals surface area contributed by atoms with E-state index >= 15 is 0 Å². The van der Waals surface area contributed by atoms with E-state index in [1.165, 1.54) is 24.6 Å². The predicted molar refractivity (Wildman–Crippen MR) is 85.9 cm³/mol. The van der Waals surface area contributed by atoms with Crippen molar-refractivity contribution in [2.75, 3.05) is 5.75 Å². The fraction of sp³-hybridized carbons (Fsp3) is 0.600. The highest BCUT2D eigenvalue weighted by molar-refractivity contribution is 7.99. The minimum Gasteiger partial charge on any atom is -0.467 e. The van der Waals surface area contributed by atoms with Gasteiger partial charge in [0.1, 0.15) is 12.3 Å². The molecule has 7 nitrogen and oxygen atoms in total. The maximum absolute atomic E-state index is 12.1. The molecule has 1 N–H and O–H groups in total. The molecule has 0 aliphatic heterocycles. The van der Waals surface area contributed by atoms with Gasteiger partial charge in [0.25, 0.3) is 0 Å². The molecule has 2 aromatic heterocycles. The topological polar surface area (TPSA) is 85.8 Å². The molecule has 0 atom stereocenters. The molecular formula is C15H21N5O2S. The van der Waals surface area contributed by atoms with E-state index in [1.54, 1.807) is 10.9 Å². The summed E-state index contributed by atoms with van der Waals surface area (Å²) < 4.78 is 6.93. The third kappa shape index (κ3) is 4.57. The number of nitrogens with one attached hydrogen (secondary N) is 1. The number of aromatic nitrogens is 4. The van der Waals surface area contributed by atoms with Gasteiger partial charge in [-0.1, -0.05) is 18.7 Å². The van der Waals surface area contributed by atoms with Crippen molar-refractivity contribution in [3.05, 3.63) is 24.2 Å². The Morgan fingerprint density at radius 1 is 1.43 bits per heavy atom. The lowest BCUT2D eigenvalue weighted by molar-refractivity contribution is -0.119. The fourth-order valence-corrected chi connectivity index (χ4v) is 3.44. The molecule has 23 heavy (non-hydrogen) atoms. The highest BCUT2D eigenvalue weighted by atomic mass is 32.2. The Morgan fingerprint density at radius 3 is 3.00 bits per heavy atom. The molecule has 0 spiro atoms. The lowest BCUT2D eigenvalue weighted by Crippen LogP contribution is -2.38. The average molecular weight is 335 g/mol. The van der Waals surface area contributed by atoms with E-state index in [2.05, 4.69) is 27.8 Å². The summed E-state index contributed by atoms with van der Waals surface area (Å²) in [5.74, 6) is 1.93. The van der Waals surface area contributed by atoms with Crippen LogP contribution in [0.2, 0.25) is 0 Å². The van der Waals surface area contributed by atoms with Crippen molar-refractivity contribution in [3.63, 3.8) is 0 Å². The number of rotatable bonds is 6. The van der Waals surface area contributed by atoms with E-state index < -0.39 is 0 Å². The first-order valence-corrected chi connectivity index (χ1v) is 8.90. The van der Waals surface area contributed by atoms with E-state index in [4.69, 9.17) is 4.42 Å². The zero-order chi connectivity index (χ0) is 16.1. The van der Waals surface area contributed by atoms with E-state index in [0.717, 1.165) is 24.5 Å². The summed E-state index contributed by atoms with van der Waals surface area (Å²) in [7, 11) is 0. The highest BCUT2D eigenvalue weighted by Crippen LogP contribution is 2.23. The van der Waals surface area contributed by atoms with Crippen LogP contribution in [-0.2, 0) is 11.3 Å². The Kier molecular flexibility index (Phi) is 5.32. The van der Waals surface area contributed by atoms with E-state index in [1.807, 2.05) is 12.1 Å². The van der Waals surface area contributed by atoms with Gasteiger partial charge in [-0.05, 0) is 54.2 Å². The van der Waals surface area contributed by atoms with E-state index in [9.17, 15) is 4.79 Å². The number of furan rings is 1. The molecule has 8 heteroatoms. The van der Waals surface area contributed by atoms with Crippen LogP contribution in [0.25, 0.3) is 0 Å². The van der Waals surface area contributed by atoms with E-state index in [0.29, 0.717) is 23.5 Å². The van der Waals surface area contributed by atoms with Gasteiger partial charge < -0.3 is 9.73 Å². The first-order valence-electron chi connectivity index (χ1n) is 7.91. The van der Waals surface area contributed by atoms with Gasteiger partial charge in [0.2, 0.25) is 11.1 Å². The third-order valence-electron chi connectivity index (χ3n) is 4.10. The highest BCUT2D eigenvalue weighted by Gasteiger charge is 2.20. The summed E-state index contributed by atoms with van der Waals surface area (Å²) >= 11 is 1.35. The number of hydrogen-bond donors (Lipinski definition) is 1. The number of nitrogens with zero attached hydrogens (tertiary/aromatic N) is 4. The average Bonchev–Trinajstić information content (AvgIpc) is 3.20. The smallest absolute Gasteiger partial charge is 0.230 e. The summed E-state index contributed by atoms with van der Waals surface area (Å²) in [5.41, 5.74) is 0. The van der Waals surface area contributed by atoms with Gasteiger partial charge in [0.05, 0.1) is 12.0 Å². The molecule has 0 aromatic carbocycles. The second-order valence-corrected chi connectivity index (χ2v) is 6.95. The van der Waals surface area contributed by atoms with Gasteiger partial charge in [-0.25, -0.2) is 4.68 Å². The van der Waals surface area contributed by atoms with Crippen molar-refractivity contribution in [2.45, 2.75) is 50.4 Å². The number of tetrazole rings is 1. The SMILES string of the molecule is CC1CCC(NC(=O)CSc2nnnn2Cc2ccco2)CC1. The molecule has 1 amide bonds. The van der Waals surface area contributed by atoms with Crippen LogP contribution in [-0.4, -0.2) is 37.9 Å². The maximum Gasteiger partial charge on any atom is 0.230 e. The molecule has 1 saturated carbocycles. The molecule has 2 heterocycles. The van der Waals surface area contributed by atoms with Gasteiger partial charge in [-0.2, -0.15) is 0 Å². The Hall–Kier alpha value is -1.83. The van der Waals surface area contributed by atoms with Crippen LogP contribution in [0.5, 0.6) is 0 Å². The molecule has 3 rings (SSSR count). The lowest BCUT2D eigenvalue weighted by atomic mass is 9.87. The monoisotopic (exact) mass is 335 g/mol.